The summed E-state index contributed by atoms with van der Waals surface area (Å²) in [5, 5.41) is 3.47. The second-order valence-electron chi connectivity index (χ2n) is 7.19. The molecule has 0 bridgehead atoms. The van der Waals surface area contributed by atoms with Gasteiger partial charge >= 0.3 is 0 Å². The number of benzene rings is 1. The van der Waals surface area contributed by atoms with Crippen LogP contribution in [0, 0.1) is 11.7 Å². The summed E-state index contributed by atoms with van der Waals surface area (Å²) in [6.07, 6.45) is 3.92. The molecule has 0 heterocycles. The largest absolute Gasteiger partial charge is 0.369 e. The van der Waals surface area contributed by atoms with Crippen LogP contribution in [0.2, 0.25) is 0 Å². The molecule has 1 aromatic rings. The second kappa shape index (κ2) is 6.78. The van der Waals surface area contributed by atoms with Gasteiger partial charge in [0.1, 0.15) is 5.82 Å². The molecule has 2 nitrogen and oxygen atoms in total. The number of hydrogen-bond acceptors (Lipinski definition) is 2. The van der Waals surface area contributed by atoms with E-state index in [1.807, 2.05) is 12.1 Å². The van der Waals surface area contributed by atoms with E-state index in [2.05, 4.69) is 37.9 Å². The van der Waals surface area contributed by atoms with E-state index in [0.29, 0.717) is 6.54 Å². The fraction of sp³-hybridized carbons (Fsp3) is 0.667. The number of para-hydroxylation sites is 1. The van der Waals surface area contributed by atoms with Crippen molar-refractivity contribution < 1.29 is 4.39 Å². The molecule has 1 saturated carbocycles. The first-order valence-electron chi connectivity index (χ1n) is 8.18. The monoisotopic (exact) mass is 292 g/mol. The van der Waals surface area contributed by atoms with Crippen molar-refractivity contribution in [1.29, 1.82) is 0 Å². The van der Waals surface area contributed by atoms with Gasteiger partial charge in [-0.3, -0.25) is 0 Å². The van der Waals surface area contributed by atoms with Gasteiger partial charge in [0.15, 0.2) is 0 Å². The van der Waals surface area contributed by atoms with E-state index in [1.54, 1.807) is 6.07 Å². The van der Waals surface area contributed by atoms with Crippen LogP contribution in [-0.4, -0.2) is 18.6 Å². The molecule has 21 heavy (non-hydrogen) atoms. The van der Waals surface area contributed by atoms with Gasteiger partial charge in [0, 0.05) is 25.2 Å². The first-order valence-corrected chi connectivity index (χ1v) is 8.18. The fourth-order valence-electron chi connectivity index (χ4n) is 2.78. The van der Waals surface area contributed by atoms with Gasteiger partial charge in [-0.15, -0.1) is 0 Å². The summed E-state index contributed by atoms with van der Waals surface area (Å²) in [5.74, 6) is 0.650. The average molecular weight is 292 g/mol. The third-order valence-corrected chi connectivity index (χ3v) is 4.28. The number of halogens is 1. The summed E-state index contributed by atoms with van der Waals surface area (Å²) in [6.45, 7) is 11.1. The summed E-state index contributed by atoms with van der Waals surface area (Å²) >= 11 is 0. The maximum absolute atomic E-state index is 14.4. The summed E-state index contributed by atoms with van der Waals surface area (Å²) in [7, 11) is 0. The Morgan fingerprint density at radius 1 is 1.29 bits per heavy atom. The topological polar surface area (TPSA) is 15.3 Å². The van der Waals surface area contributed by atoms with Crippen molar-refractivity contribution in [1.82, 2.24) is 5.32 Å². The Balaban J connectivity index is 2.18. The number of nitrogens with zero attached hydrogens (tertiary/aromatic N) is 1. The highest BCUT2D eigenvalue weighted by molar-refractivity contribution is 5.55. The molecule has 118 valence electrons. The van der Waals surface area contributed by atoms with Crippen LogP contribution in [0.25, 0.3) is 0 Å². The zero-order chi connectivity index (χ0) is 15.5. The van der Waals surface area contributed by atoms with Crippen LogP contribution in [0.5, 0.6) is 0 Å². The molecular formula is C18H29FN2. The zero-order valence-corrected chi connectivity index (χ0v) is 13.9. The number of nitrogens with one attached hydrogen (secondary N) is 1. The van der Waals surface area contributed by atoms with Gasteiger partial charge in [-0.1, -0.05) is 18.6 Å². The maximum Gasteiger partial charge on any atom is 0.146 e. The minimum Gasteiger partial charge on any atom is -0.369 e. The molecule has 0 amide bonds. The molecule has 1 aliphatic carbocycles. The van der Waals surface area contributed by atoms with Gasteiger partial charge in [-0.2, -0.15) is 0 Å². The standard InChI is InChI=1S/C18H29FN2/c1-5-21(13-14-8-6-9-14)17-15(10-7-11-16(17)19)12-20-18(2,3)4/h7,10-11,14,20H,5-6,8-9,12-13H2,1-4H3. The van der Waals surface area contributed by atoms with Crippen molar-refractivity contribution >= 4 is 5.69 Å². The Hall–Kier alpha value is -1.09. The van der Waals surface area contributed by atoms with Crippen molar-refractivity contribution in [3.05, 3.63) is 29.6 Å². The van der Waals surface area contributed by atoms with E-state index < -0.39 is 0 Å². The van der Waals surface area contributed by atoms with Crippen LogP contribution in [0.1, 0.15) is 52.5 Å². The lowest BCUT2D eigenvalue weighted by atomic mass is 9.85. The van der Waals surface area contributed by atoms with E-state index in [-0.39, 0.29) is 11.4 Å². The lowest BCUT2D eigenvalue weighted by Gasteiger charge is -2.34. The zero-order valence-electron chi connectivity index (χ0n) is 13.9. The molecular weight excluding hydrogens is 263 g/mol. The van der Waals surface area contributed by atoms with Gasteiger partial charge < -0.3 is 10.2 Å². The summed E-state index contributed by atoms with van der Waals surface area (Å²) in [5.41, 5.74) is 1.89. The van der Waals surface area contributed by atoms with Crippen LogP contribution in [0.4, 0.5) is 10.1 Å². The Labute approximate surface area is 128 Å². The first kappa shape index (κ1) is 16.3. The van der Waals surface area contributed by atoms with Gasteiger partial charge in [-0.05, 0) is 58.1 Å². The highest BCUT2D eigenvalue weighted by Crippen LogP contribution is 2.31. The maximum atomic E-state index is 14.4. The smallest absolute Gasteiger partial charge is 0.146 e. The molecule has 2 rings (SSSR count). The van der Waals surface area contributed by atoms with Crippen molar-refractivity contribution in [2.45, 2.75) is 59.0 Å². The van der Waals surface area contributed by atoms with Crippen molar-refractivity contribution in [2.75, 3.05) is 18.0 Å². The molecule has 1 aliphatic rings. The first-order chi connectivity index (χ1) is 9.90. The Morgan fingerprint density at radius 3 is 2.52 bits per heavy atom. The Kier molecular flexibility index (Phi) is 5.26. The molecule has 0 aromatic heterocycles. The molecule has 0 spiro atoms. The lowest BCUT2D eigenvalue weighted by molar-refractivity contribution is 0.317. The molecule has 1 aromatic carbocycles. The van der Waals surface area contributed by atoms with E-state index in [4.69, 9.17) is 0 Å². The molecule has 0 atom stereocenters. The predicted molar refractivity (Wildman–Crippen MR) is 88.2 cm³/mol. The van der Waals surface area contributed by atoms with E-state index >= 15 is 0 Å². The summed E-state index contributed by atoms with van der Waals surface area (Å²) < 4.78 is 14.4. The summed E-state index contributed by atoms with van der Waals surface area (Å²) in [4.78, 5) is 2.22. The average Bonchev–Trinajstić information content (AvgIpc) is 2.36. The van der Waals surface area contributed by atoms with Crippen LogP contribution in [0.3, 0.4) is 0 Å². The quantitative estimate of drug-likeness (QED) is 0.839. The van der Waals surface area contributed by atoms with Crippen molar-refractivity contribution in [3.63, 3.8) is 0 Å². The third kappa shape index (κ3) is 4.44. The van der Waals surface area contributed by atoms with E-state index in [1.165, 1.54) is 19.3 Å². The Morgan fingerprint density at radius 2 is 2.00 bits per heavy atom. The van der Waals surface area contributed by atoms with Gasteiger partial charge in [0.25, 0.3) is 0 Å². The fourth-order valence-corrected chi connectivity index (χ4v) is 2.78. The lowest BCUT2D eigenvalue weighted by Crippen LogP contribution is -2.37. The van der Waals surface area contributed by atoms with Crippen LogP contribution < -0.4 is 10.2 Å². The molecule has 1 fully saturated rings. The number of anilines is 1. The van der Waals surface area contributed by atoms with E-state index in [0.717, 1.165) is 30.3 Å². The van der Waals surface area contributed by atoms with Crippen LogP contribution >= 0.6 is 0 Å². The second-order valence-corrected chi connectivity index (χ2v) is 7.19. The molecule has 0 saturated heterocycles. The molecule has 3 heteroatoms. The minimum atomic E-state index is -0.0932. The van der Waals surface area contributed by atoms with Gasteiger partial charge in [-0.25, -0.2) is 4.39 Å². The molecule has 1 N–H and O–H groups in total. The third-order valence-electron chi connectivity index (χ3n) is 4.28. The number of rotatable bonds is 6. The molecule has 0 radical (unpaired) electrons. The van der Waals surface area contributed by atoms with Crippen LogP contribution in [0.15, 0.2) is 18.2 Å². The van der Waals surface area contributed by atoms with Gasteiger partial charge in [0.05, 0.1) is 5.69 Å². The van der Waals surface area contributed by atoms with Crippen molar-refractivity contribution in [3.8, 4) is 0 Å². The highest BCUT2D eigenvalue weighted by atomic mass is 19.1. The van der Waals surface area contributed by atoms with Crippen molar-refractivity contribution in [2.24, 2.45) is 5.92 Å². The van der Waals surface area contributed by atoms with E-state index in [9.17, 15) is 4.39 Å². The predicted octanol–water partition coefficient (Wildman–Crippen LogP) is 4.34. The minimum absolute atomic E-state index is 0.0363. The SMILES string of the molecule is CCN(CC1CCC1)c1c(F)cccc1CNC(C)(C)C. The normalized spacial score (nSPS) is 15.9. The Bertz CT molecular complexity index is 461. The molecule has 0 unspecified atom stereocenters. The van der Waals surface area contributed by atoms with Gasteiger partial charge in [0.2, 0.25) is 0 Å². The number of hydrogen-bond donors (Lipinski definition) is 1. The summed E-state index contributed by atoms with van der Waals surface area (Å²) in [6, 6.07) is 5.44. The molecule has 0 aliphatic heterocycles. The van der Waals surface area contributed by atoms with Crippen LogP contribution in [-0.2, 0) is 6.54 Å². The highest BCUT2D eigenvalue weighted by Gasteiger charge is 2.23.